The lowest BCUT2D eigenvalue weighted by Crippen LogP contribution is -2.31. The van der Waals surface area contributed by atoms with Crippen LogP contribution in [0.4, 0.5) is 5.82 Å². The quantitative estimate of drug-likeness (QED) is 0.806. The van der Waals surface area contributed by atoms with E-state index in [1.54, 1.807) is 12.1 Å². The molecule has 92 valence electrons. The lowest BCUT2D eigenvalue weighted by atomic mass is 10.0. The van der Waals surface area contributed by atoms with Crippen LogP contribution in [-0.4, -0.2) is 22.6 Å². The number of carbonyl (C=O) groups is 1. The Bertz CT molecular complexity index is 397. The summed E-state index contributed by atoms with van der Waals surface area (Å²) < 4.78 is 0. The van der Waals surface area contributed by atoms with E-state index in [1.807, 2.05) is 0 Å². The van der Waals surface area contributed by atoms with Crippen molar-refractivity contribution in [2.24, 2.45) is 5.41 Å². The second kappa shape index (κ2) is 4.69. The molecule has 0 spiro atoms. The number of nitrogen functional groups attached to an aromatic ring is 1. The summed E-state index contributed by atoms with van der Waals surface area (Å²) in [5.41, 5.74) is 6.09. The topological polar surface area (TPSA) is 80.9 Å². The van der Waals surface area contributed by atoms with Crippen LogP contribution in [0.15, 0.2) is 12.1 Å². The van der Waals surface area contributed by atoms with Crippen molar-refractivity contribution in [2.75, 3.05) is 12.3 Å². The first-order valence-corrected chi connectivity index (χ1v) is 6.03. The molecule has 0 saturated heterocycles. The SMILES string of the molecule is CCCC1(CNC(=O)c2ccc(N)nn2)CC1. The van der Waals surface area contributed by atoms with Crippen molar-refractivity contribution < 1.29 is 4.79 Å². The molecule has 1 aromatic heterocycles. The van der Waals surface area contributed by atoms with Crippen molar-refractivity contribution >= 4 is 11.7 Å². The summed E-state index contributed by atoms with van der Waals surface area (Å²) in [5.74, 6) is 0.158. The largest absolute Gasteiger partial charge is 0.382 e. The number of nitrogens with zero attached hydrogens (tertiary/aromatic N) is 2. The third-order valence-electron chi connectivity index (χ3n) is 3.28. The molecule has 0 aliphatic heterocycles. The molecule has 5 nitrogen and oxygen atoms in total. The Morgan fingerprint density at radius 1 is 1.47 bits per heavy atom. The maximum absolute atomic E-state index is 11.8. The molecule has 1 heterocycles. The summed E-state index contributed by atoms with van der Waals surface area (Å²) in [6.07, 6.45) is 4.78. The van der Waals surface area contributed by atoms with Crippen LogP contribution < -0.4 is 11.1 Å². The van der Waals surface area contributed by atoms with Crippen LogP contribution in [0.5, 0.6) is 0 Å². The second-order valence-electron chi connectivity index (χ2n) is 4.78. The average Bonchev–Trinajstić information content (AvgIpc) is 3.08. The highest BCUT2D eigenvalue weighted by Crippen LogP contribution is 2.48. The molecular formula is C12H18N4O. The molecule has 2 rings (SSSR count). The minimum atomic E-state index is -0.167. The number of amides is 1. The fourth-order valence-electron chi connectivity index (χ4n) is 2.04. The first-order valence-electron chi connectivity index (χ1n) is 6.03. The van der Waals surface area contributed by atoms with Crippen LogP contribution in [0.3, 0.4) is 0 Å². The van der Waals surface area contributed by atoms with Gasteiger partial charge in [-0.05, 0) is 36.8 Å². The number of anilines is 1. The first kappa shape index (κ1) is 11.8. The lowest BCUT2D eigenvalue weighted by molar-refractivity contribution is 0.0938. The van der Waals surface area contributed by atoms with E-state index in [0.29, 0.717) is 16.9 Å². The van der Waals surface area contributed by atoms with Crippen molar-refractivity contribution in [3.63, 3.8) is 0 Å². The summed E-state index contributed by atoms with van der Waals surface area (Å²) in [5, 5.41) is 10.3. The Hall–Kier alpha value is -1.65. The maximum Gasteiger partial charge on any atom is 0.271 e. The van der Waals surface area contributed by atoms with Crippen LogP contribution >= 0.6 is 0 Å². The molecule has 1 aliphatic carbocycles. The Morgan fingerprint density at radius 2 is 2.24 bits per heavy atom. The van der Waals surface area contributed by atoms with Gasteiger partial charge in [0.2, 0.25) is 0 Å². The highest BCUT2D eigenvalue weighted by Gasteiger charge is 2.41. The fraction of sp³-hybridized carbons (Fsp3) is 0.583. The van der Waals surface area contributed by atoms with Gasteiger partial charge in [0.05, 0.1) is 0 Å². The molecule has 0 radical (unpaired) electrons. The summed E-state index contributed by atoms with van der Waals surface area (Å²) in [6, 6.07) is 3.18. The molecular weight excluding hydrogens is 216 g/mol. The highest BCUT2D eigenvalue weighted by atomic mass is 16.1. The molecule has 1 aromatic rings. The number of hydrogen-bond donors (Lipinski definition) is 2. The highest BCUT2D eigenvalue weighted by molar-refractivity contribution is 5.92. The van der Waals surface area contributed by atoms with Gasteiger partial charge in [-0.1, -0.05) is 13.3 Å². The van der Waals surface area contributed by atoms with E-state index < -0.39 is 0 Å². The number of carbonyl (C=O) groups excluding carboxylic acids is 1. The Labute approximate surface area is 101 Å². The predicted octanol–water partition coefficient (Wildman–Crippen LogP) is 1.37. The number of rotatable bonds is 5. The third kappa shape index (κ3) is 2.93. The predicted molar refractivity (Wildman–Crippen MR) is 65.4 cm³/mol. The summed E-state index contributed by atoms with van der Waals surface area (Å²) in [7, 11) is 0. The van der Waals surface area contributed by atoms with Gasteiger partial charge in [-0.15, -0.1) is 10.2 Å². The smallest absolute Gasteiger partial charge is 0.271 e. The van der Waals surface area contributed by atoms with Crippen LogP contribution in [0.25, 0.3) is 0 Å². The van der Waals surface area contributed by atoms with E-state index in [9.17, 15) is 4.79 Å². The van der Waals surface area contributed by atoms with Crippen molar-refractivity contribution in [3.05, 3.63) is 17.8 Å². The fourth-order valence-corrected chi connectivity index (χ4v) is 2.04. The first-order chi connectivity index (χ1) is 8.15. The van der Waals surface area contributed by atoms with Crippen molar-refractivity contribution in [2.45, 2.75) is 32.6 Å². The van der Waals surface area contributed by atoms with Gasteiger partial charge < -0.3 is 11.1 Å². The Balaban J connectivity index is 1.87. The van der Waals surface area contributed by atoms with Gasteiger partial charge in [-0.3, -0.25) is 4.79 Å². The molecule has 0 bridgehead atoms. The minimum absolute atomic E-state index is 0.167. The number of aromatic nitrogens is 2. The summed E-state index contributed by atoms with van der Waals surface area (Å²) in [6.45, 7) is 2.92. The van der Waals surface area contributed by atoms with Gasteiger partial charge in [0.25, 0.3) is 5.91 Å². The standard InChI is InChI=1S/C12H18N4O/c1-2-5-12(6-7-12)8-14-11(17)9-3-4-10(13)16-15-9/h3-4H,2,5-8H2,1H3,(H2,13,16)(H,14,17). The number of hydrogen-bond acceptors (Lipinski definition) is 4. The molecule has 17 heavy (non-hydrogen) atoms. The summed E-state index contributed by atoms with van der Waals surface area (Å²) in [4.78, 5) is 11.8. The zero-order valence-electron chi connectivity index (χ0n) is 10.1. The van der Waals surface area contributed by atoms with E-state index >= 15 is 0 Å². The number of nitrogens with one attached hydrogen (secondary N) is 1. The molecule has 1 fully saturated rings. The molecule has 0 aromatic carbocycles. The third-order valence-corrected chi connectivity index (χ3v) is 3.28. The van der Waals surface area contributed by atoms with Crippen molar-refractivity contribution in [1.82, 2.24) is 15.5 Å². The molecule has 1 amide bonds. The molecule has 1 aliphatic rings. The van der Waals surface area contributed by atoms with Crippen molar-refractivity contribution in [3.8, 4) is 0 Å². The second-order valence-corrected chi connectivity index (χ2v) is 4.78. The average molecular weight is 234 g/mol. The van der Waals surface area contributed by atoms with Gasteiger partial charge in [-0.25, -0.2) is 0 Å². The van der Waals surface area contributed by atoms with Crippen LogP contribution in [-0.2, 0) is 0 Å². The van der Waals surface area contributed by atoms with Gasteiger partial charge in [0, 0.05) is 6.54 Å². The van der Waals surface area contributed by atoms with Gasteiger partial charge in [0.1, 0.15) is 5.82 Å². The monoisotopic (exact) mass is 234 g/mol. The minimum Gasteiger partial charge on any atom is -0.382 e. The van der Waals surface area contributed by atoms with E-state index in [0.717, 1.165) is 13.0 Å². The number of nitrogens with two attached hydrogens (primary N) is 1. The maximum atomic E-state index is 11.8. The van der Waals surface area contributed by atoms with E-state index in [-0.39, 0.29) is 5.91 Å². The van der Waals surface area contributed by atoms with Gasteiger partial charge in [0.15, 0.2) is 5.69 Å². The zero-order chi connectivity index (χ0) is 12.3. The Morgan fingerprint density at radius 3 is 2.76 bits per heavy atom. The summed E-state index contributed by atoms with van der Waals surface area (Å²) >= 11 is 0. The van der Waals surface area contributed by atoms with E-state index in [4.69, 9.17) is 5.73 Å². The van der Waals surface area contributed by atoms with Gasteiger partial charge >= 0.3 is 0 Å². The molecule has 3 N–H and O–H groups in total. The van der Waals surface area contributed by atoms with Crippen molar-refractivity contribution in [1.29, 1.82) is 0 Å². The molecule has 0 unspecified atom stereocenters. The normalized spacial score (nSPS) is 16.5. The lowest BCUT2D eigenvalue weighted by Gasteiger charge is -2.14. The van der Waals surface area contributed by atoms with E-state index in [2.05, 4.69) is 22.4 Å². The van der Waals surface area contributed by atoms with Crippen LogP contribution in [0.1, 0.15) is 43.1 Å². The Kier molecular flexibility index (Phi) is 3.26. The van der Waals surface area contributed by atoms with E-state index in [1.165, 1.54) is 19.3 Å². The van der Waals surface area contributed by atoms with Crippen LogP contribution in [0, 0.1) is 5.41 Å². The molecule has 5 heteroatoms. The van der Waals surface area contributed by atoms with Gasteiger partial charge in [-0.2, -0.15) is 0 Å². The molecule has 0 atom stereocenters. The van der Waals surface area contributed by atoms with Crippen LogP contribution in [0.2, 0.25) is 0 Å². The molecule has 1 saturated carbocycles. The zero-order valence-corrected chi connectivity index (χ0v) is 10.1.